The molecule has 0 bridgehead atoms. The lowest BCUT2D eigenvalue weighted by Crippen LogP contribution is -2.44. The lowest BCUT2D eigenvalue weighted by molar-refractivity contribution is -0.150. The highest BCUT2D eigenvalue weighted by atomic mass is 16.5. The van der Waals surface area contributed by atoms with E-state index in [-0.39, 0.29) is 19.1 Å². The molecule has 0 spiro atoms. The number of rotatable bonds is 9. The normalized spacial score (nSPS) is 15.1. The van der Waals surface area contributed by atoms with Gasteiger partial charge in [-0.1, -0.05) is 56.3 Å². The molecular weight excluding hydrogens is 385 g/mol. The van der Waals surface area contributed by atoms with Gasteiger partial charge in [0.05, 0.1) is 13.2 Å². The van der Waals surface area contributed by atoms with Crippen LogP contribution in [0.5, 0.6) is 5.75 Å². The fourth-order valence-corrected chi connectivity index (χ4v) is 3.44. The first-order valence-corrected chi connectivity index (χ1v) is 10.1. The molecule has 1 unspecified atom stereocenters. The molecule has 2 aromatic rings. The Labute approximate surface area is 177 Å². The number of esters is 1. The summed E-state index contributed by atoms with van der Waals surface area (Å²) in [6.07, 6.45) is -1.19. The van der Waals surface area contributed by atoms with Crippen molar-refractivity contribution in [3.63, 3.8) is 0 Å². The van der Waals surface area contributed by atoms with Gasteiger partial charge in [-0.2, -0.15) is 0 Å². The van der Waals surface area contributed by atoms with Crippen molar-refractivity contribution in [3.8, 4) is 5.75 Å². The molecular formula is C22H28BNO6. The van der Waals surface area contributed by atoms with Crippen LogP contribution in [-0.4, -0.2) is 35.9 Å². The number of carbonyl (C=O) groups excluding carboxylic acids is 1. The van der Waals surface area contributed by atoms with Crippen molar-refractivity contribution in [1.82, 2.24) is 5.32 Å². The maximum Gasteiger partial charge on any atom is 0.495 e. The highest BCUT2D eigenvalue weighted by Gasteiger charge is 2.35. The molecule has 160 valence electrons. The minimum Gasteiger partial charge on any atom is -0.494 e. The van der Waals surface area contributed by atoms with Gasteiger partial charge in [0, 0.05) is 11.0 Å². The Bertz CT molecular complexity index is 860. The summed E-state index contributed by atoms with van der Waals surface area (Å²) >= 11 is 0. The Hall–Kier alpha value is -2.39. The zero-order valence-corrected chi connectivity index (χ0v) is 17.5. The van der Waals surface area contributed by atoms with Gasteiger partial charge in [-0.25, -0.2) is 0 Å². The first-order valence-electron chi connectivity index (χ1n) is 10.1. The predicted octanol–water partition coefficient (Wildman–Crippen LogP) is 1.65. The smallest absolute Gasteiger partial charge is 0.494 e. The molecule has 0 fully saturated rings. The van der Waals surface area contributed by atoms with Crippen LogP contribution in [-0.2, 0) is 27.4 Å². The second-order valence-corrected chi connectivity index (χ2v) is 7.54. The fraction of sp³-hybridized carbons (Fsp3) is 0.409. The van der Waals surface area contributed by atoms with E-state index in [1.54, 1.807) is 12.1 Å². The summed E-state index contributed by atoms with van der Waals surface area (Å²) in [5.74, 6) is -0.197. The topological polar surface area (TPSA) is 97.3 Å². The van der Waals surface area contributed by atoms with Crippen molar-refractivity contribution in [3.05, 3.63) is 59.2 Å². The standard InChI is InChI=1S/C22H28BNO6/c1-4-28-20-17(11-10-16-13-30-23(27)18(16)20)21(25)24-19(14(2)3)22(26)29-12-15-8-6-5-7-9-15/h5-11,14,19,21,24-25,27H,4,12-13H2,1-3H3/t19-,21?/m0/s1. The number of nitrogens with one attached hydrogen (secondary N) is 1. The third-order valence-electron chi connectivity index (χ3n) is 5.03. The van der Waals surface area contributed by atoms with Crippen LogP contribution in [0.1, 0.15) is 43.7 Å². The van der Waals surface area contributed by atoms with Gasteiger partial charge in [0.25, 0.3) is 0 Å². The lowest BCUT2D eigenvalue weighted by atomic mass is 9.77. The number of hydrogen-bond donors (Lipinski definition) is 3. The van der Waals surface area contributed by atoms with Gasteiger partial charge in [0.1, 0.15) is 24.6 Å². The van der Waals surface area contributed by atoms with Crippen molar-refractivity contribution in [2.75, 3.05) is 6.61 Å². The number of carbonyl (C=O) groups is 1. The van der Waals surface area contributed by atoms with Crippen LogP contribution >= 0.6 is 0 Å². The average molecular weight is 413 g/mol. The number of benzene rings is 2. The number of hydrogen-bond acceptors (Lipinski definition) is 7. The second-order valence-electron chi connectivity index (χ2n) is 7.54. The molecule has 8 heteroatoms. The van der Waals surface area contributed by atoms with Gasteiger partial charge in [-0.05, 0) is 24.0 Å². The van der Waals surface area contributed by atoms with Crippen molar-refractivity contribution < 1.29 is 29.1 Å². The van der Waals surface area contributed by atoms with E-state index >= 15 is 0 Å². The number of fused-ring (bicyclic) bond motifs is 1. The van der Waals surface area contributed by atoms with Crippen molar-refractivity contribution in [1.29, 1.82) is 0 Å². The van der Waals surface area contributed by atoms with Crippen LogP contribution in [0.2, 0.25) is 0 Å². The third-order valence-corrected chi connectivity index (χ3v) is 5.03. The van der Waals surface area contributed by atoms with E-state index in [9.17, 15) is 14.9 Å². The van der Waals surface area contributed by atoms with Gasteiger partial charge in [0.15, 0.2) is 0 Å². The van der Waals surface area contributed by atoms with Crippen LogP contribution in [0.25, 0.3) is 0 Å². The Kier molecular flexibility index (Phi) is 7.50. The predicted molar refractivity (Wildman–Crippen MR) is 113 cm³/mol. The van der Waals surface area contributed by atoms with Gasteiger partial charge in [-0.3, -0.25) is 10.1 Å². The summed E-state index contributed by atoms with van der Waals surface area (Å²) in [5.41, 5.74) is 2.65. The molecule has 2 atom stereocenters. The molecule has 0 aromatic heterocycles. The molecule has 3 N–H and O–H groups in total. The zero-order valence-electron chi connectivity index (χ0n) is 17.5. The lowest BCUT2D eigenvalue weighted by Gasteiger charge is -2.26. The summed E-state index contributed by atoms with van der Waals surface area (Å²) in [5, 5.41) is 24.0. The molecule has 30 heavy (non-hydrogen) atoms. The molecule has 0 aliphatic carbocycles. The monoisotopic (exact) mass is 413 g/mol. The SMILES string of the molecule is CCOc1c(C(O)N[C@H](C(=O)OCc2ccccc2)C(C)C)ccc2c1B(O)OC2. The van der Waals surface area contributed by atoms with E-state index in [1.807, 2.05) is 51.1 Å². The fourth-order valence-electron chi connectivity index (χ4n) is 3.44. The number of aliphatic hydroxyl groups is 1. The molecule has 1 aliphatic rings. The molecule has 0 radical (unpaired) electrons. The summed E-state index contributed by atoms with van der Waals surface area (Å²) in [6.45, 7) is 6.36. The zero-order chi connectivity index (χ0) is 21.7. The minimum absolute atomic E-state index is 0.123. The maximum absolute atomic E-state index is 12.7. The van der Waals surface area contributed by atoms with Gasteiger partial charge < -0.3 is 24.3 Å². The van der Waals surface area contributed by atoms with Crippen molar-refractivity contribution in [2.45, 2.75) is 46.3 Å². The third kappa shape index (κ3) is 5.02. The van der Waals surface area contributed by atoms with Gasteiger partial charge in [0.2, 0.25) is 0 Å². The van der Waals surface area contributed by atoms with Crippen LogP contribution in [0, 0.1) is 5.92 Å². The summed E-state index contributed by atoms with van der Waals surface area (Å²) < 4.78 is 16.5. The molecule has 0 saturated heterocycles. The van der Waals surface area contributed by atoms with E-state index in [0.717, 1.165) is 11.1 Å². The summed E-state index contributed by atoms with van der Waals surface area (Å²) in [7, 11) is -1.11. The highest BCUT2D eigenvalue weighted by Crippen LogP contribution is 2.28. The number of aliphatic hydroxyl groups excluding tert-OH is 1. The average Bonchev–Trinajstić information content (AvgIpc) is 3.12. The Morgan fingerprint density at radius 1 is 1.23 bits per heavy atom. The van der Waals surface area contributed by atoms with Crippen molar-refractivity contribution >= 4 is 18.6 Å². The van der Waals surface area contributed by atoms with E-state index in [2.05, 4.69) is 5.32 Å². The van der Waals surface area contributed by atoms with E-state index in [4.69, 9.17) is 14.1 Å². The van der Waals surface area contributed by atoms with Crippen LogP contribution in [0.15, 0.2) is 42.5 Å². The Morgan fingerprint density at radius 2 is 1.97 bits per heavy atom. The first-order chi connectivity index (χ1) is 14.4. The molecule has 1 heterocycles. The molecule has 7 nitrogen and oxygen atoms in total. The van der Waals surface area contributed by atoms with E-state index < -0.39 is 25.4 Å². The largest absolute Gasteiger partial charge is 0.495 e. The van der Waals surface area contributed by atoms with Crippen molar-refractivity contribution in [2.24, 2.45) is 5.92 Å². The van der Waals surface area contributed by atoms with E-state index in [1.165, 1.54) is 0 Å². The van der Waals surface area contributed by atoms with Gasteiger partial charge >= 0.3 is 13.1 Å². The van der Waals surface area contributed by atoms with E-state index in [0.29, 0.717) is 23.4 Å². The highest BCUT2D eigenvalue weighted by molar-refractivity contribution is 6.62. The molecule has 0 saturated carbocycles. The molecule has 2 aromatic carbocycles. The summed E-state index contributed by atoms with van der Waals surface area (Å²) in [4.78, 5) is 12.7. The van der Waals surface area contributed by atoms with Crippen LogP contribution in [0.3, 0.4) is 0 Å². The Balaban J connectivity index is 1.76. The Morgan fingerprint density at radius 3 is 2.63 bits per heavy atom. The molecule has 3 rings (SSSR count). The summed E-state index contributed by atoms with van der Waals surface area (Å²) in [6, 6.07) is 12.2. The minimum atomic E-state index is -1.19. The number of ether oxygens (including phenoxy) is 2. The molecule has 1 aliphatic heterocycles. The second kappa shape index (κ2) is 10.1. The first kappa shape index (κ1) is 22.3. The van der Waals surface area contributed by atoms with Crippen LogP contribution < -0.4 is 15.5 Å². The maximum atomic E-state index is 12.7. The molecule has 0 amide bonds. The van der Waals surface area contributed by atoms with Crippen LogP contribution in [0.4, 0.5) is 0 Å². The van der Waals surface area contributed by atoms with Gasteiger partial charge in [-0.15, -0.1) is 0 Å². The quantitative estimate of drug-likeness (QED) is 0.327.